The Hall–Kier alpha value is -2.82. The van der Waals surface area contributed by atoms with Crippen LogP contribution in [0.1, 0.15) is 33.4 Å². The van der Waals surface area contributed by atoms with Crippen molar-refractivity contribution >= 4 is 51.9 Å². The molecule has 0 fully saturated rings. The first-order valence-corrected chi connectivity index (χ1v) is 11.8. The molecule has 0 aliphatic carbocycles. The van der Waals surface area contributed by atoms with E-state index in [1.165, 1.54) is 16.7 Å². The predicted octanol–water partition coefficient (Wildman–Crippen LogP) is 7.01. The maximum absolute atomic E-state index is 12.7. The zero-order valence-corrected chi connectivity index (χ0v) is 21.8. The number of hydrogen-bond acceptors (Lipinski definition) is 3. The summed E-state index contributed by atoms with van der Waals surface area (Å²) >= 11 is 8.41. The van der Waals surface area contributed by atoms with Crippen molar-refractivity contribution in [2.75, 3.05) is 12.4 Å². The highest BCUT2D eigenvalue weighted by molar-refractivity contribution is 14.1. The Kier molecular flexibility index (Phi) is 8.17. The molecule has 168 valence electrons. The molecule has 0 atom stereocenters. The minimum absolute atomic E-state index is 0.00529. The van der Waals surface area contributed by atoms with Gasteiger partial charge in [-0.3, -0.25) is 4.79 Å². The van der Waals surface area contributed by atoms with Crippen LogP contribution in [0.15, 0.2) is 54.1 Å². The van der Waals surface area contributed by atoms with E-state index >= 15 is 0 Å². The van der Waals surface area contributed by atoms with Gasteiger partial charge in [-0.2, -0.15) is 5.26 Å². The zero-order valence-electron chi connectivity index (χ0n) is 18.9. The van der Waals surface area contributed by atoms with Crippen molar-refractivity contribution in [2.24, 2.45) is 0 Å². The Morgan fingerprint density at radius 1 is 1.15 bits per heavy atom. The standard InChI is InChI=1S/C27H24ClIN2O2/c1-16-8-17(2)10-19(9-16)12-22-24(29)13-20(14-26(22)33-4)11-21(15-30)27(32)31-25-7-5-6-23(28)18(25)3/h5-11,13-14H,12H2,1-4H3,(H,31,32)/b21-11+. The number of nitrogens with one attached hydrogen (secondary N) is 1. The second kappa shape index (κ2) is 10.9. The van der Waals surface area contributed by atoms with Gasteiger partial charge < -0.3 is 10.1 Å². The van der Waals surface area contributed by atoms with Gasteiger partial charge in [0.15, 0.2) is 0 Å². The van der Waals surface area contributed by atoms with Gasteiger partial charge in [0.1, 0.15) is 17.4 Å². The largest absolute Gasteiger partial charge is 0.496 e. The number of rotatable bonds is 6. The van der Waals surface area contributed by atoms with Crippen molar-refractivity contribution in [3.8, 4) is 11.8 Å². The molecule has 0 saturated carbocycles. The van der Waals surface area contributed by atoms with Crippen molar-refractivity contribution < 1.29 is 9.53 Å². The third-order valence-corrected chi connectivity index (χ3v) is 6.62. The summed E-state index contributed by atoms with van der Waals surface area (Å²) in [7, 11) is 1.63. The molecule has 0 spiro atoms. The molecule has 3 rings (SSSR count). The van der Waals surface area contributed by atoms with E-state index in [2.05, 4.69) is 60.0 Å². The highest BCUT2D eigenvalue weighted by Crippen LogP contribution is 2.30. The predicted molar refractivity (Wildman–Crippen MR) is 143 cm³/mol. The van der Waals surface area contributed by atoms with Gasteiger partial charge in [-0.15, -0.1) is 0 Å². The average molecular weight is 571 g/mol. The fourth-order valence-electron chi connectivity index (χ4n) is 3.69. The molecule has 0 saturated heterocycles. The van der Waals surface area contributed by atoms with Crippen molar-refractivity contribution in [3.05, 3.63) is 96.1 Å². The van der Waals surface area contributed by atoms with Crippen molar-refractivity contribution in [1.82, 2.24) is 0 Å². The molecule has 0 unspecified atom stereocenters. The first-order chi connectivity index (χ1) is 15.7. The van der Waals surface area contributed by atoms with Crippen LogP contribution < -0.4 is 10.1 Å². The number of carbonyl (C=O) groups excluding carboxylic acids is 1. The lowest BCUT2D eigenvalue weighted by atomic mass is 9.98. The summed E-state index contributed by atoms with van der Waals surface area (Å²) in [6.45, 7) is 5.99. The molecule has 33 heavy (non-hydrogen) atoms. The SMILES string of the molecule is COc1cc(/C=C(\C#N)C(=O)Nc2cccc(Cl)c2C)cc(I)c1Cc1cc(C)cc(C)c1. The number of halogens is 2. The maximum atomic E-state index is 12.7. The topological polar surface area (TPSA) is 62.1 Å². The molecule has 0 heterocycles. The van der Waals surface area contributed by atoms with Gasteiger partial charge in [0.05, 0.1) is 7.11 Å². The molecular formula is C27H24ClIN2O2. The molecule has 1 amide bonds. The van der Waals surface area contributed by atoms with Crippen LogP contribution in [0.2, 0.25) is 5.02 Å². The van der Waals surface area contributed by atoms with E-state index in [9.17, 15) is 10.1 Å². The van der Waals surface area contributed by atoms with Crippen LogP contribution in [-0.2, 0) is 11.2 Å². The fourth-order valence-corrected chi connectivity index (χ4v) is 4.68. The zero-order chi connectivity index (χ0) is 24.1. The molecule has 4 nitrogen and oxygen atoms in total. The van der Waals surface area contributed by atoms with E-state index in [4.69, 9.17) is 16.3 Å². The number of ether oxygens (including phenoxy) is 1. The van der Waals surface area contributed by atoms with Crippen molar-refractivity contribution in [2.45, 2.75) is 27.2 Å². The Bertz CT molecular complexity index is 1270. The number of hydrogen-bond donors (Lipinski definition) is 1. The number of benzene rings is 3. The van der Waals surface area contributed by atoms with Gasteiger partial charge in [0, 0.05) is 26.3 Å². The second-order valence-electron chi connectivity index (χ2n) is 7.89. The van der Waals surface area contributed by atoms with E-state index in [1.54, 1.807) is 31.4 Å². The number of amides is 1. The van der Waals surface area contributed by atoms with Crippen LogP contribution in [0.4, 0.5) is 5.69 Å². The van der Waals surface area contributed by atoms with Gasteiger partial charge in [0.2, 0.25) is 0 Å². The minimum atomic E-state index is -0.490. The van der Waals surface area contributed by atoms with Gasteiger partial charge in [-0.05, 0) is 90.4 Å². The first-order valence-electron chi connectivity index (χ1n) is 10.3. The summed E-state index contributed by atoms with van der Waals surface area (Å²) in [5.41, 5.74) is 6.75. The van der Waals surface area contributed by atoms with Gasteiger partial charge in [0.25, 0.3) is 5.91 Å². The third-order valence-electron chi connectivity index (χ3n) is 5.25. The summed E-state index contributed by atoms with van der Waals surface area (Å²) in [5.74, 6) is 0.229. The van der Waals surface area contributed by atoms with Crippen molar-refractivity contribution in [1.29, 1.82) is 5.26 Å². The summed E-state index contributed by atoms with van der Waals surface area (Å²) in [6.07, 6.45) is 2.30. The quantitative estimate of drug-likeness (QED) is 0.197. The van der Waals surface area contributed by atoms with Crippen LogP contribution in [0, 0.1) is 35.7 Å². The van der Waals surface area contributed by atoms with E-state index in [1.807, 2.05) is 25.1 Å². The number of nitrogens with zero attached hydrogens (tertiary/aromatic N) is 1. The third kappa shape index (κ3) is 6.16. The van der Waals surface area contributed by atoms with Gasteiger partial charge >= 0.3 is 0 Å². The first kappa shape index (κ1) is 24.8. The molecular weight excluding hydrogens is 547 g/mol. The Labute approximate surface area is 213 Å². The average Bonchev–Trinajstić information content (AvgIpc) is 2.76. The van der Waals surface area contributed by atoms with E-state index in [-0.39, 0.29) is 5.57 Å². The smallest absolute Gasteiger partial charge is 0.266 e. The van der Waals surface area contributed by atoms with E-state index < -0.39 is 5.91 Å². The molecule has 1 N–H and O–H groups in total. The number of methoxy groups -OCH3 is 1. The van der Waals surface area contributed by atoms with Crippen LogP contribution in [-0.4, -0.2) is 13.0 Å². The Balaban J connectivity index is 1.91. The highest BCUT2D eigenvalue weighted by Gasteiger charge is 2.15. The number of carbonyl (C=O) groups is 1. The molecule has 0 aliphatic rings. The lowest BCUT2D eigenvalue weighted by Crippen LogP contribution is -2.14. The molecule has 0 radical (unpaired) electrons. The van der Waals surface area contributed by atoms with Crippen LogP contribution >= 0.6 is 34.2 Å². The second-order valence-corrected chi connectivity index (χ2v) is 9.46. The number of aryl methyl sites for hydroxylation is 2. The molecule has 0 bridgehead atoms. The van der Waals surface area contributed by atoms with E-state index in [0.717, 1.165) is 32.4 Å². The fraction of sp³-hybridized carbons (Fsp3) is 0.185. The van der Waals surface area contributed by atoms with Crippen LogP contribution in [0.25, 0.3) is 6.08 Å². The summed E-state index contributed by atoms with van der Waals surface area (Å²) in [5, 5.41) is 12.9. The molecule has 0 aliphatic heterocycles. The monoisotopic (exact) mass is 570 g/mol. The Morgan fingerprint density at radius 2 is 1.85 bits per heavy atom. The van der Waals surface area contributed by atoms with Crippen molar-refractivity contribution in [3.63, 3.8) is 0 Å². The number of nitriles is 1. The van der Waals surface area contributed by atoms with Gasteiger partial charge in [-0.1, -0.05) is 47.0 Å². The van der Waals surface area contributed by atoms with E-state index in [0.29, 0.717) is 10.7 Å². The molecule has 6 heteroatoms. The lowest BCUT2D eigenvalue weighted by Gasteiger charge is -2.14. The minimum Gasteiger partial charge on any atom is -0.496 e. The van der Waals surface area contributed by atoms with Crippen LogP contribution in [0.3, 0.4) is 0 Å². The Morgan fingerprint density at radius 3 is 2.48 bits per heavy atom. The maximum Gasteiger partial charge on any atom is 0.266 e. The molecule has 3 aromatic carbocycles. The normalized spacial score (nSPS) is 11.1. The van der Waals surface area contributed by atoms with Crippen LogP contribution in [0.5, 0.6) is 5.75 Å². The summed E-state index contributed by atoms with van der Waals surface area (Å²) in [6, 6.07) is 17.6. The summed E-state index contributed by atoms with van der Waals surface area (Å²) in [4.78, 5) is 12.7. The summed E-state index contributed by atoms with van der Waals surface area (Å²) < 4.78 is 6.67. The molecule has 3 aromatic rings. The highest BCUT2D eigenvalue weighted by atomic mass is 127. The molecule has 0 aromatic heterocycles. The van der Waals surface area contributed by atoms with Gasteiger partial charge in [-0.25, -0.2) is 0 Å². The lowest BCUT2D eigenvalue weighted by molar-refractivity contribution is -0.112. The number of anilines is 1.